The zero-order chi connectivity index (χ0) is 15.5. The summed E-state index contributed by atoms with van der Waals surface area (Å²) in [6.45, 7) is 1.52. The number of carbonyl (C=O) groups is 2. The molecule has 0 saturated carbocycles. The fourth-order valence-electron chi connectivity index (χ4n) is 2.83. The highest BCUT2D eigenvalue weighted by Gasteiger charge is 2.26. The Bertz CT molecular complexity index is 721. The van der Waals surface area contributed by atoms with Gasteiger partial charge in [0.15, 0.2) is 5.78 Å². The zero-order valence-corrected chi connectivity index (χ0v) is 12.0. The van der Waals surface area contributed by atoms with E-state index in [1.807, 2.05) is 6.07 Å². The molecule has 0 amide bonds. The van der Waals surface area contributed by atoms with Crippen molar-refractivity contribution in [3.8, 4) is 11.1 Å². The van der Waals surface area contributed by atoms with Gasteiger partial charge in [-0.05, 0) is 30.2 Å². The molecule has 0 aliphatic carbocycles. The van der Waals surface area contributed by atoms with Gasteiger partial charge in [-0.1, -0.05) is 24.3 Å². The first-order valence-corrected chi connectivity index (χ1v) is 7.20. The van der Waals surface area contributed by atoms with Crippen molar-refractivity contribution < 1.29 is 14.7 Å². The van der Waals surface area contributed by atoms with Gasteiger partial charge in [0.05, 0.1) is 5.56 Å². The first kappa shape index (κ1) is 14.4. The van der Waals surface area contributed by atoms with Crippen molar-refractivity contribution in [3.63, 3.8) is 0 Å². The summed E-state index contributed by atoms with van der Waals surface area (Å²) in [7, 11) is 0. The number of pyridine rings is 1. The molecule has 2 N–H and O–H groups in total. The Hall–Kier alpha value is -2.53. The summed E-state index contributed by atoms with van der Waals surface area (Å²) in [5.74, 6) is -1.03. The van der Waals surface area contributed by atoms with Gasteiger partial charge in [0, 0.05) is 30.4 Å². The predicted molar refractivity (Wildman–Crippen MR) is 81.9 cm³/mol. The third kappa shape index (κ3) is 2.63. The number of rotatable bonds is 4. The summed E-state index contributed by atoms with van der Waals surface area (Å²) in [5, 5.41) is 12.5. The Labute approximate surface area is 128 Å². The minimum absolute atomic E-state index is 0.0451. The largest absolute Gasteiger partial charge is 0.478 e. The monoisotopic (exact) mass is 296 g/mol. The highest BCUT2D eigenvalue weighted by molar-refractivity contribution is 6.06. The number of nitrogens with zero attached hydrogens (tertiary/aromatic N) is 1. The first-order chi connectivity index (χ1) is 10.7. The predicted octanol–water partition coefficient (Wildman–Crippen LogP) is 2.24. The Balaban J connectivity index is 2.09. The van der Waals surface area contributed by atoms with Crippen molar-refractivity contribution in [2.45, 2.75) is 6.42 Å². The molecule has 5 heteroatoms. The van der Waals surface area contributed by atoms with Crippen LogP contribution in [0.3, 0.4) is 0 Å². The van der Waals surface area contributed by atoms with E-state index in [0.717, 1.165) is 13.0 Å². The number of Topliss-reactive ketones (excluding diaryl/α,β-unsaturated/α-hetero) is 1. The summed E-state index contributed by atoms with van der Waals surface area (Å²) in [4.78, 5) is 28.0. The normalized spacial score (nSPS) is 17.4. The number of hydrogen-bond acceptors (Lipinski definition) is 4. The molecule has 2 heterocycles. The second-order valence-electron chi connectivity index (χ2n) is 5.33. The minimum Gasteiger partial charge on any atom is -0.478 e. The number of carbonyl (C=O) groups excluding carboxylic acids is 1. The number of nitrogens with one attached hydrogen (secondary N) is 1. The molecule has 3 rings (SSSR count). The molecular formula is C17H16N2O3. The summed E-state index contributed by atoms with van der Waals surface area (Å²) >= 11 is 0. The SMILES string of the molecule is O=C(O)c1cnccc1-c1ccccc1C(=O)C1CCNC1. The van der Waals surface area contributed by atoms with Gasteiger partial charge in [-0.25, -0.2) is 4.79 Å². The van der Waals surface area contributed by atoms with Crippen LogP contribution in [0.5, 0.6) is 0 Å². The van der Waals surface area contributed by atoms with Gasteiger partial charge in [-0.15, -0.1) is 0 Å². The molecular weight excluding hydrogens is 280 g/mol. The van der Waals surface area contributed by atoms with Crippen molar-refractivity contribution in [3.05, 3.63) is 53.9 Å². The molecule has 1 fully saturated rings. The Morgan fingerprint density at radius 3 is 2.64 bits per heavy atom. The molecule has 1 aliphatic heterocycles. The molecule has 5 nitrogen and oxygen atoms in total. The fourth-order valence-corrected chi connectivity index (χ4v) is 2.83. The van der Waals surface area contributed by atoms with E-state index in [9.17, 15) is 14.7 Å². The van der Waals surface area contributed by atoms with Gasteiger partial charge < -0.3 is 10.4 Å². The van der Waals surface area contributed by atoms with Gasteiger partial charge in [0.25, 0.3) is 0 Å². The van der Waals surface area contributed by atoms with Gasteiger partial charge in [0.2, 0.25) is 0 Å². The number of carboxylic acid groups (broad SMARTS) is 1. The van der Waals surface area contributed by atoms with Crippen LogP contribution in [0.2, 0.25) is 0 Å². The lowest BCUT2D eigenvalue weighted by Gasteiger charge is -2.13. The smallest absolute Gasteiger partial charge is 0.337 e. The second-order valence-corrected chi connectivity index (χ2v) is 5.33. The number of hydrogen-bond donors (Lipinski definition) is 2. The number of aromatic carboxylic acids is 1. The van der Waals surface area contributed by atoms with Crippen LogP contribution in [0, 0.1) is 5.92 Å². The zero-order valence-electron chi connectivity index (χ0n) is 12.0. The fraction of sp³-hybridized carbons (Fsp3) is 0.235. The lowest BCUT2D eigenvalue weighted by atomic mass is 9.89. The molecule has 1 aromatic carbocycles. The van der Waals surface area contributed by atoms with E-state index in [2.05, 4.69) is 10.3 Å². The Morgan fingerprint density at radius 1 is 1.14 bits per heavy atom. The number of benzene rings is 1. The van der Waals surface area contributed by atoms with E-state index < -0.39 is 5.97 Å². The summed E-state index contributed by atoms with van der Waals surface area (Å²) in [6.07, 6.45) is 3.67. The summed E-state index contributed by atoms with van der Waals surface area (Å²) in [5.41, 5.74) is 1.86. The van der Waals surface area contributed by atoms with E-state index in [0.29, 0.717) is 23.2 Å². The standard InChI is InChI=1S/C17H16N2O3/c20-16(11-5-7-18-9-11)14-4-2-1-3-12(14)13-6-8-19-10-15(13)17(21)22/h1-4,6,8,10-11,18H,5,7,9H2,(H,21,22). The van der Waals surface area contributed by atoms with Crippen LogP contribution in [0.25, 0.3) is 11.1 Å². The van der Waals surface area contributed by atoms with Gasteiger partial charge >= 0.3 is 5.97 Å². The van der Waals surface area contributed by atoms with Crippen molar-refractivity contribution >= 4 is 11.8 Å². The van der Waals surface area contributed by atoms with E-state index in [1.165, 1.54) is 6.20 Å². The molecule has 1 aromatic heterocycles. The quantitative estimate of drug-likeness (QED) is 0.846. The number of ketones is 1. The highest BCUT2D eigenvalue weighted by atomic mass is 16.4. The number of aromatic nitrogens is 1. The van der Waals surface area contributed by atoms with Gasteiger partial charge in [-0.3, -0.25) is 9.78 Å². The molecule has 1 unspecified atom stereocenters. The molecule has 0 spiro atoms. The van der Waals surface area contributed by atoms with Crippen LogP contribution in [0.15, 0.2) is 42.7 Å². The van der Waals surface area contributed by atoms with Gasteiger partial charge in [-0.2, -0.15) is 0 Å². The molecule has 22 heavy (non-hydrogen) atoms. The summed E-state index contributed by atoms with van der Waals surface area (Å²) < 4.78 is 0. The maximum absolute atomic E-state index is 12.7. The maximum Gasteiger partial charge on any atom is 0.337 e. The lowest BCUT2D eigenvalue weighted by molar-refractivity contribution is 0.0696. The third-order valence-corrected chi connectivity index (χ3v) is 3.97. The first-order valence-electron chi connectivity index (χ1n) is 7.20. The second kappa shape index (κ2) is 6.07. The third-order valence-electron chi connectivity index (χ3n) is 3.97. The average Bonchev–Trinajstić information content (AvgIpc) is 3.08. The molecule has 2 aromatic rings. The van der Waals surface area contributed by atoms with Gasteiger partial charge in [0.1, 0.15) is 0 Å². The van der Waals surface area contributed by atoms with Crippen LogP contribution >= 0.6 is 0 Å². The van der Waals surface area contributed by atoms with Crippen molar-refractivity contribution in [1.82, 2.24) is 10.3 Å². The highest BCUT2D eigenvalue weighted by Crippen LogP contribution is 2.29. The van der Waals surface area contributed by atoms with E-state index >= 15 is 0 Å². The van der Waals surface area contributed by atoms with Crippen molar-refractivity contribution in [2.24, 2.45) is 5.92 Å². The van der Waals surface area contributed by atoms with E-state index in [-0.39, 0.29) is 17.3 Å². The van der Waals surface area contributed by atoms with Crippen molar-refractivity contribution in [2.75, 3.05) is 13.1 Å². The summed E-state index contributed by atoms with van der Waals surface area (Å²) in [6, 6.07) is 8.81. The lowest BCUT2D eigenvalue weighted by Crippen LogP contribution is -2.18. The van der Waals surface area contributed by atoms with Crippen LogP contribution in [-0.2, 0) is 0 Å². The van der Waals surface area contributed by atoms with Crippen LogP contribution < -0.4 is 5.32 Å². The van der Waals surface area contributed by atoms with Crippen LogP contribution in [-0.4, -0.2) is 34.9 Å². The maximum atomic E-state index is 12.7. The molecule has 1 saturated heterocycles. The molecule has 1 aliphatic rings. The Kier molecular flexibility index (Phi) is 3.98. The van der Waals surface area contributed by atoms with Crippen LogP contribution in [0.4, 0.5) is 0 Å². The van der Waals surface area contributed by atoms with Crippen molar-refractivity contribution in [1.29, 1.82) is 0 Å². The average molecular weight is 296 g/mol. The molecule has 1 atom stereocenters. The van der Waals surface area contributed by atoms with E-state index in [4.69, 9.17) is 0 Å². The molecule has 112 valence electrons. The van der Waals surface area contributed by atoms with Crippen LogP contribution in [0.1, 0.15) is 27.1 Å². The minimum atomic E-state index is -1.05. The Morgan fingerprint density at radius 2 is 1.91 bits per heavy atom. The molecule has 0 radical (unpaired) electrons. The topological polar surface area (TPSA) is 79.3 Å². The number of carboxylic acids is 1. The van der Waals surface area contributed by atoms with E-state index in [1.54, 1.807) is 30.5 Å². The molecule has 0 bridgehead atoms.